The van der Waals surface area contributed by atoms with Gasteiger partial charge in [-0.1, -0.05) is 24.3 Å². The van der Waals surface area contributed by atoms with Crippen LogP contribution in [0.25, 0.3) is 0 Å². The highest BCUT2D eigenvalue weighted by Crippen LogP contribution is 2.32. The highest BCUT2D eigenvalue weighted by Gasteiger charge is 2.32. The Bertz CT molecular complexity index is 724. The fraction of sp³-hybridized carbons (Fsp3) is 0.125. The number of imide groups is 1. The molecule has 0 aliphatic carbocycles. The van der Waals surface area contributed by atoms with E-state index in [-0.39, 0.29) is 18.2 Å². The number of aryl methyl sites for hydroxylation is 1. The lowest BCUT2D eigenvalue weighted by Gasteiger charge is -2.27. The van der Waals surface area contributed by atoms with Crippen molar-refractivity contribution in [1.29, 1.82) is 0 Å². The predicted molar refractivity (Wildman–Crippen MR) is 80.8 cm³/mol. The topological polar surface area (TPSA) is 37.4 Å². The summed E-state index contributed by atoms with van der Waals surface area (Å²) in [6, 6.07) is 12.9. The second-order valence-electron chi connectivity index (χ2n) is 4.82. The number of anilines is 1. The van der Waals surface area contributed by atoms with Crippen LogP contribution in [0.5, 0.6) is 0 Å². The third-order valence-corrected chi connectivity index (χ3v) is 4.06. The average molecular weight is 330 g/mol. The van der Waals surface area contributed by atoms with Crippen LogP contribution >= 0.6 is 15.9 Å². The van der Waals surface area contributed by atoms with Gasteiger partial charge < -0.3 is 0 Å². The predicted octanol–water partition coefficient (Wildman–Crippen LogP) is 3.49. The molecule has 1 heterocycles. The van der Waals surface area contributed by atoms with E-state index >= 15 is 0 Å². The Hall–Kier alpha value is -1.94. The van der Waals surface area contributed by atoms with Crippen molar-refractivity contribution in [2.24, 2.45) is 0 Å². The zero-order chi connectivity index (χ0) is 14.3. The fourth-order valence-corrected chi connectivity index (χ4v) is 2.82. The highest BCUT2D eigenvalue weighted by molar-refractivity contribution is 9.10. The summed E-state index contributed by atoms with van der Waals surface area (Å²) in [6.07, 6.45) is 0.252. The van der Waals surface area contributed by atoms with Crippen LogP contribution < -0.4 is 4.90 Å². The lowest BCUT2D eigenvalue weighted by atomic mass is 9.98. The minimum absolute atomic E-state index is 0.194. The van der Waals surface area contributed by atoms with Gasteiger partial charge in [0.2, 0.25) is 5.91 Å². The second kappa shape index (κ2) is 4.87. The van der Waals surface area contributed by atoms with Crippen molar-refractivity contribution in [3.63, 3.8) is 0 Å². The Balaban J connectivity index is 2.14. The normalized spacial score (nSPS) is 14.4. The van der Waals surface area contributed by atoms with E-state index in [4.69, 9.17) is 0 Å². The zero-order valence-electron chi connectivity index (χ0n) is 10.9. The van der Waals surface area contributed by atoms with Gasteiger partial charge in [-0.2, -0.15) is 0 Å². The van der Waals surface area contributed by atoms with Crippen molar-refractivity contribution in [3.8, 4) is 0 Å². The quantitative estimate of drug-likeness (QED) is 0.751. The molecule has 0 N–H and O–H groups in total. The molecule has 0 bridgehead atoms. The first-order valence-electron chi connectivity index (χ1n) is 6.29. The molecule has 2 aromatic rings. The lowest BCUT2D eigenvalue weighted by Crippen LogP contribution is -2.42. The van der Waals surface area contributed by atoms with E-state index in [1.807, 2.05) is 43.3 Å². The molecule has 2 amide bonds. The largest absolute Gasteiger partial charge is 0.274 e. The van der Waals surface area contributed by atoms with Crippen molar-refractivity contribution in [1.82, 2.24) is 0 Å². The first-order chi connectivity index (χ1) is 9.58. The standard InChI is InChI=1S/C16H12BrNO2/c1-10-6-7-13(17)14(8-10)18-15(19)9-11-4-2-3-5-12(11)16(18)20/h2-8H,9H2,1H3. The van der Waals surface area contributed by atoms with Gasteiger partial charge in [0.15, 0.2) is 0 Å². The van der Waals surface area contributed by atoms with Crippen LogP contribution in [-0.2, 0) is 11.2 Å². The zero-order valence-corrected chi connectivity index (χ0v) is 12.5. The van der Waals surface area contributed by atoms with Crippen LogP contribution in [0.15, 0.2) is 46.9 Å². The molecule has 2 aromatic carbocycles. The van der Waals surface area contributed by atoms with Gasteiger partial charge in [0.05, 0.1) is 12.1 Å². The van der Waals surface area contributed by atoms with E-state index in [2.05, 4.69) is 15.9 Å². The van der Waals surface area contributed by atoms with E-state index in [1.165, 1.54) is 4.90 Å². The summed E-state index contributed by atoms with van der Waals surface area (Å²) in [7, 11) is 0. The van der Waals surface area contributed by atoms with Gasteiger partial charge in [-0.05, 0) is 52.2 Å². The van der Waals surface area contributed by atoms with Crippen LogP contribution in [0.3, 0.4) is 0 Å². The molecule has 0 saturated heterocycles. The molecular weight excluding hydrogens is 318 g/mol. The molecule has 0 spiro atoms. The summed E-state index contributed by atoms with van der Waals surface area (Å²) in [6.45, 7) is 1.93. The van der Waals surface area contributed by atoms with Crippen LogP contribution in [-0.4, -0.2) is 11.8 Å². The number of carbonyl (C=O) groups is 2. The number of carbonyl (C=O) groups excluding carboxylic acids is 2. The van der Waals surface area contributed by atoms with Crippen LogP contribution in [0.1, 0.15) is 21.5 Å². The van der Waals surface area contributed by atoms with Crippen molar-refractivity contribution in [3.05, 3.63) is 63.6 Å². The summed E-state index contributed by atoms with van der Waals surface area (Å²) in [5.41, 5.74) is 3.00. The van der Waals surface area contributed by atoms with E-state index in [0.717, 1.165) is 15.6 Å². The maximum atomic E-state index is 12.6. The number of rotatable bonds is 1. The number of nitrogens with zero attached hydrogens (tertiary/aromatic N) is 1. The second-order valence-corrected chi connectivity index (χ2v) is 5.68. The highest BCUT2D eigenvalue weighted by atomic mass is 79.9. The van der Waals surface area contributed by atoms with E-state index in [9.17, 15) is 9.59 Å². The van der Waals surface area contributed by atoms with E-state index in [1.54, 1.807) is 6.07 Å². The number of benzene rings is 2. The third-order valence-electron chi connectivity index (χ3n) is 3.38. The SMILES string of the molecule is Cc1ccc(Br)c(N2C(=O)Cc3ccccc3C2=O)c1. The molecule has 0 saturated carbocycles. The van der Waals surface area contributed by atoms with Gasteiger partial charge in [0, 0.05) is 10.0 Å². The maximum absolute atomic E-state index is 12.6. The molecule has 1 aliphatic heterocycles. The Labute approximate surface area is 125 Å². The number of amides is 2. The molecule has 0 aromatic heterocycles. The van der Waals surface area contributed by atoms with Gasteiger partial charge in [-0.15, -0.1) is 0 Å². The molecule has 0 unspecified atom stereocenters. The van der Waals surface area contributed by atoms with Crippen molar-refractivity contribution in [2.45, 2.75) is 13.3 Å². The molecule has 0 atom stereocenters. The lowest BCUT2D eigenvalue weighted by molar-refractivity contribution is -0.117. The van der Waals surface area contributed by atoms with Crippen molar-refractivity contribution >= 4 is 33.4 Å². The van der Waals surface area contributed by atoms with Crippen LogP contribution in [0, 0.1) is 6.92 Å². The molecular formula is C16H12BrNO2. The molecule has 100 valence electrons. The third kappa shape index (κ3) is 2.06. The molecule has 0 fully saturated rings. The molecule has 0 radical (unpaired) electrons. The first kappa shape index (κ1) is 13.1. The summed E-state index contributed by atoms with van der Waals surface area (Å²) in [5, 5.41) is 0. The fourth-order valence-electron chi connectivity index (χ4n) is 2.40. The maximum Gasteiger partial charge on any atom is 0.265 e. The van der Waals surface area contributed by atoms with Gasteiger partial charge >= 0.3 is 0 Å². The average Bonchev–Trinajstić information content (AvgIpc) is 2.42. The summed E-state index contributed by atoms with van der Waals surface area (Å²) >= 11 is 3.41. The Morgan fingerprint density at radius 3 is 2.65 bits per heavy atom. The summed E-state index contributed by atoms with van der Waals surface area (Å²) < 4.78 is 0.740. The Morgan fingerprint density at radius 1 is 1.10 bits per heavy atom. The van der Waals surface area contributed by atoms with Gasteiger partial charge in [0.25, 0.3) is 5.91 Å². The number of halogens is 1. The minimum Gasteiger partial charge on any atom is -0.274 e. The number of fused-ring (bicyclic) bond motifs is 1. The molecule has 1 aliphatic rings. The summed E-state index contributed by atoms with van der Waals surface area (Å²) in [4.78, 5) is 26.2. The number of hydrogen-bond donors (Lipinski definition) is 0. The van der Waals surface area contributed by atoms with Gasteiger partial charge in [-0.25, -0.2) is 4.90 Å². The minimum atomic E-state index is -0.261. The van der Waals surface area contributed by atoms with E-state index in [0.29, 0.717) is 11.3 Å². The van der Waals surface area contributed by atoms with Crippen LogP contribution in [0.2, 0.25) is 0 Å². The summed E-state index contributed by atoms with van der Waals surface area (Å²) in [5.74, 6) is -0.455. The van der Waals surface area contributed by atoms with Gasteiger partial charge in [-0.3, -0.25) is 9.59 Å². The number of hydrogen-bond acceptors (Lipinski definition) is 2. The van der Waals surface area contributed by atoms with Crippen molar-refractivity contribution in [2.75, 3.05) is 4.90 Å². The Morgan fingerprint density at radius 2 is 1.85 bits per heavy atom. The van der Waals surface area contributed by atoms with Crippen molar-refractivity contribution < 1.29 is 9.59 Å². The van der Waals surface area contributed by atoms with Crippen LogP contribution in [0.4, 0.5) is 5.69 Å². The monoisotopic (exact) mass is 329 g/mol. The molecule has 20 heavy (non-hydrogen) atoms. The smallest absolute Gasteiger partial charge is 0.265 e. The molecule has 3 rings (SSSR count). The molecule has 3 nitrogen and oxygen atoms in total. The van der Waals surface area contributed by atoms with Gasteiger partial charge in [0.1, 0.15) is 0 Å². The first-order valence-corrected chi connectivity index (χ1v) is 7.08. The van der Waals surface area contributed by atoms with E-state index < -0.39 is 0 Å². The Kier molecular flexibility index (Phi) is 3.18. The molecule has 4 heteroatoms.